The Labute approximate surface area is 250 Å². The summed E-state index contributed by atoms with van der Waals surface area (Å²) in [5.41, 5.74) is 19.3. The molecule has 0 aromatic heterocycles. The Balaban J connectivity index is 0.000000171. The molecule has 1 atom stereocenters. The van der Waals surface area contributed by atoms with Crippen molar-refractivity contribution in [3.8, 4) is 0 Å². The average molecular weight is 550 g/mol. The first-order valence-electron chi connectivity index (χ1n) is 14.5. The first-order chi connectivity index (χ1) is 20.7. The van der Waals surface area contributed by atoms with Crippen LogP contribution >= 0.6 is 0 Å². The van der Waals surface area contributed by atoms with Crippen LogP contribution in [0.2, 0.25) is 0 Å². The molecule has 1 unspecified atom stereocenters. The van der Waals surface area contributed by atoms with Gasteiger partial charge in [0.05, 0.1) is 14.5 Å². The molecule has 5 aliphatic carbocycles. The van der Waals surface area contributed by atoms with Gasteiger partial charge in [-0.05, 0) is 97.0 Å². The minimum atomic E-state index is -0.303. The number of hydrogen-bond acceptors (Lipinski definition) is 0. The van der Waals surface area contributed by atoms with Crippen molar-refractivity contribution < 1.29 is 0 Å². The van der Waals surface area contributed by atoms with Gasteiger partial charge in [0, 0.05) is 0 Å². The largest absolute Gasteiger partial charge is 0.0987 e. The lowest BCUT2D eigenvalue weighted by molar-refractivity contribution is 0.716. The van der Waals surface area contributed by atoms with Gasteiger partial charge in [0.2, 0.25) is 0 Å². The first kappa shape index (κ1) is 24.9. The van der Waals surface area contributed by atoms with Crippen molar-refractivity contribution in [3.05, 3.63) is 190 Å². The van der Waals surface area contributed by atoms with E-state index in [0.717, 1.165) is 14.7 Å². The maximum absolute atomic E-state index is 4.17. The van der Waals surface area contributed by atoms with Crippen molar-refractivity contribution in [2.45, 2.75) is 6.42 Å². The summed E-state index contributed by atoms with van der Waals surface area (Å²) in [6.07, 6.45) is 25.6. The molecule has 0 bridgehead atoms. The van der Waals surface area contributed by atoms with E-state index in [-0.39, 0.29) is 5.41 Å². The van der Waals surface area contributed by atoms with Crippen LogP contribution in [0.4, 0.5) is 0 Å². The number of allylic oxidation sites excluding steroid dienone is 14. The monoisotopic (exact) mass is 549 g/mol. The highest BCUT2D eigenvalue weighted by Crippen LogP contribution is 2.61. The zero-order valence-corrected chi connectivity index (χ0v) is 24.4. The van der Waals surface area contributed by atoms with Gasteiger partial charge in [-0.1, -0.05) is 139 Å². The fourth-order valence-corrected chi connectivity index (χ4v) is 8.32. The molecule has 3 aromatic carbocycles. The van der Waals surface area contributed by atoms with E-state index in [1.165, 1.54) is 73.2 Å². The third kappa shape index (κ3) is 3.57. The van der Waals surface area contributed by atoms with Crippen LogP contribution in [0.3, 0.4) is 0 Å². The van der Waals surface area contributed by atoms with Gasteiger partial charge in [-0.2, -0.15) is 0 Å². The molecule has 1 spiro atoms. The van der Waals surface area contributed by atoms with Crippen molar-refractivity contribution in [2.24, 2.45) is 5.41 Å². The minimum absolute atomic E-state index is 0.303. The fourth-order valence-electron chi connectivity index (χ4n) is 7.26. The Kier molecular flexibility index (Phi) is 5.70. The van der Waals surface area contributed by atoms with Gasteiger partial charge in [0.15, 0.2) is 0 Å². The molecule has 0 saturated carbocycles. The zero-order valence-electron chi connectivity index (χ0n) is 23.4. The van der Waals surface area contributed by atoms with Gasteiger partial charge in [-0.15, -0.1) is 0 Å². The molecule has 1 heterocycles. The van der Waals surface area contributed by atoms with Gasteiger partial charge < -0.3 is 0 Å². The molecule has 0 nitrogen and oxygen atoms in total. The maximum atomic E-state index is 4.17. The zero-order chi connectivity index (χ0) is 28.3. The van der Waals surface area contributed by atoms with E-state index in [1.54, 1.807) is 5.17 Å². The quantitative estimate of drug-likeness (QED) is 0.279. The van der Waals surface area contributed by atoms with Crippen molar-refractivity contribution in [2.75, 3.05) is 0 Å². The molecule has 1 heteroatoms. The highest BCUT2D eigenvalue weighted by atomic mass is 28.2. The molecule has 42 heavy (non-hydrogen) atoms. The van der Waals surface area contributed by atoms with E-state index in [1.807, 2.05) is 12.2 Å². The molecule has 6 aliphatic rings. The Bertz CT molecular complexity index is 2020. The smallest absolute Gasteiger partial charge is 0.0647 e. The van der Waals surface area contributed by atoms with Crippen LogP contribution in [0.15, 0.2) is 151 Å². The lowest BCUT2D eigenvalue weighted by Gasteiger charge is -2.40. The topological polar surface area (TPSA) is 0 Å². The summed E-state index contributed by atoms with van der Waals surface area (Å²) in [5, 5.41) is 1.61. The normalized spacial score (nSPS) is 20.9. The summed E-state index contributed by atoms with van der Waals surface area (Å²) < 4.78 is 0. The molecular weight excluding hydrogens is 521 g/mol. The van der Waals surface area contributed by atoms with Gasteiger partial charge in [-0.25, -0.2) is 0 Å². The van der Waals surface area contributed by atoms with E-state index < -0.39 is 0 Å². The van der Waals surface area contributed by atoms with Gasteiger partial charge in [0.25, 0.3) is 0 Å². The molecule has 0 N–H and O–H groups in total. The Hall–Kier alpha value is -4.85. The molecule has 0 amide bonds. The summed E-state index contributed by atoms with van der Waals surface area (Å²) in [6.45, 7) is 8.11. The number of rotatable bonds is 2. The van der Waals surface area contributed by atoms with Crippen molar-refractivity contribution in [3.63, 3.8) is 0 Å². The lowest BCUT2D eigenvalue weighted by atomic mass is 9.61. The maximum Gasteiger partial charge on any atom is 0.0647 e. The first-order valence-corrected chi connectivity index (χ1v) is 15.6. The SMILES string of the molecule is C1=C[Si]=C2Cc3ccccc3C2=C1.C=CC1=CC=C2C(=Cc3cc(C=C)ccc32)C12C=CC=C1C2=Cc2ccccc21. The predicted octanol–water partition coefficient (Wildman–Crippen LogP) is 9.30. The predicted molar refractivity (Wildman–Crippen MR) is 183 cm³/mol. The van der Waals surface area contributed by atoms with E-state index in [0.29, 0.717) is 0 Å². The van der Waals surface area contributed by atoms with E-state index in [2.05, 4.69) is 140 Å². The van der Waals surface area contributed by atoms with Crippen LogP contribution in [-0.2, 0) is 6.42 Å². The second-order valence-corrected chi connectivity index (χ2v) is 12.5. The molecule has 1 radical (unpaired) electrons. The Morgan fingerprint density at radius 3 is 2.26 bits per heavy atom. The van der Waals surface area contributed by atoms with Crippen LogP contribution < -0.4 is 0 Å². The van der Waals surface area contributed by atoms with E-state index >= 15 is 0 Å². The molecule has 0 fully saturated rings. The molecule has 197 valence electrons. The number of hydrogen-bond donors (Lipinski definition) is 0. The molecule has 1 aliphatic heterocycles. The summed E-state index contributed by atoms with van der Waals surface area (Å²) in [7, 11) is 0.900. The van der Waals surface area contributed by atoms with E-state index in [9.17, 15) is 0 Å². The summed E-state index contributed by atoms with van der Waals surface area (Å²) in [4.78, 5) is 0. The summed E-state index contributed by atoms with van der Waals surface area (Å²) in [5.74, 6) is 0. The Morgan fingerprint density at radius 1 is 0.667 bits per heavy atom. The highest BCUT2D eigenvalue weighted by molar-refractivity contribution is 6.69. The third-order valence-electron chi connectivity index (χ3n) is 9.21. The van der Waals surface area contributed by atoms with Crippen LogP contribution in [0.1, 0.15) is 38.9 Å². The number of fused-ring (bicyclic) bond motifs is 11. The molecule has 9 rings (SSSR count). The summed E-state index contributed by atoms with van der Waals surface area (Å²) in [6, 6.07) is 24.0. The van der Waals surface area contributed by atoms with Crippen molar-refractivity contribution >= 4 is 49.2 Å². The van der Waals surface area contributed by atoms with Crippen LogP contribution in [0, 0.1) is 5.41 Å². The molecule has 0 saturated heterocycles. The second-order valence-electron chi connectivity index (χ2n) is 11.3. The van der Waals surface area contributed by atoms with Gasteiger partial charge >= 0.3 is 0 Å². The van der Waals surface area contributed by atoms with E-state index in [4.69, 9.17) is 0 Å². The molecular formula is C41H29Si. The van der Waals surface area contributed by atoms with Gasteiger partial charge in [-0.3, -0.25) is 0 Å². The number of benzene rings is 3. The summed E-state index contributed by atoms with van der Waals surface area (Å²) >= 11 is 0. The highest BCUT2D eigenvalue weighted by Gasteiger charge is 2.47. The minimum Gasteiger partial charge on any atom is -0.0987 e. The Morgan fingerprint density at radius 2 is 1.40 bits per heavy atom. The van der Waals surface area contributed by atoms with Crippen molar-refractivity contribution in [1.82, 2.24) is 0 Å². The van der Waals surface area contributed by atoms with Gasteiger partial charge in [0.1, 0.15) is 0 Å². The van der Waals surface area contributed by atoms with Crippen LogP contribution in [0.5, 0.6) is 0 Å². The van der Waals surface area contributed by atoms with Crippen molar-refractivity contribution in [1.29, 1.82) is 0 Å². The molecule has 3 aromatic rings. The standard InChI is InChI=1S/C29H20.C12H9Si/c1-3-19-11-13-24-21(16-19)18-28-26(24)14-12-22(4-2)29(28)15-7-10-25-23-9-6-5-8-20(23)17-27(25)29;1-2-5-10-9(4-1)8-12-11(10)6-3-7-13-12/h3-18H,1-2H2;1-7H,8H2. The second kappa shape index (κ2) is 9.62. The fraction of sp³-hybridized carbons (Fsp3) is 0.0488. The average Bonchev–Trinajstić information content (AvgIpc) is 3.73. The lowest BCUT2D eigenvalue weighted by Crippen LogP contribution is -2.28. The third-order valence-corrected chi connectivity index (χ3v) is 10.4. The van der Waals surface area contributed by atoms with Crippen LogP contribution in [-0.4, -0.2) is 14.3 Å². The van der Waals surface area contributed by atoms with Crippen LogP contribution in [0.25, 0.3) is 34.9 Å².